The predicted molar refractivity (Wildman–Crippen MR) is 87.1 cm³/mol. The molecule has 1 aliphatic rings. The Labute approximate surface area is 129 Å². The van der Waals surface area contributed by atoms with Gasteiger partial charge in [-0.15, -0.1) is 0 Å². The van der Waals surface area contributed by atoms with Crippen LogP contribution in [0.2, 0.25) is 0 Å². The molecule has 118 valence electrons. The zero-order valence-electron chi connectivity index (χ0n) is 13.5. The van der Waals surface area contributed by atoms with E-state index in [-0.39, 0.29) is 0 Å². The number of ether oxygens (including phenoxy) is 2. The van der Waals surface area contributed by atoms with E-state index >= 15 is 0 Å². The fourth-order valence-electron chi connectivity index (χ4n) is 2.38. The summed E-state index contributed by atoms with van der Waals surface area (Å²) in [5.41, 5.74) is 1.26. The number of methoxy groups -OCH3 is 1. The van der Waals surface area contributed by atoms with Gasteiger partial charge in [0, 0.05) is 12.6 Å². The van der Waals surface area contributed by atoms with E-state index in [0.717, 1.165) is 37.1 Å². The molecule has 1 aromatic rings. The Hall–Kier alpha value is -1.22. The zero-order chi connectivity index (χ0) is 14.9. The van der Waals surface area contributed by atoms with Crippen molar-refractivity contribution in [2.45, 2.75) is 64.5 Å². The van der Waals surface area contributed by atoms with Crippen molar-refractivity contribution in [1.82, 2.24) is 5.32 Å². The summed E-state index contributed by atoms with van der Waals surface area (Å²) in [6, 6.07) is 6.98. The molecule has 0 amide bonds. The molecule has 21 heavy (non-hydrogen) atoms. The second-order valence-corrected chi connectivity index (χ2v) is 5.90. The highest BCUT2D eigenvalue weighted by molar-refractivity contribution is 5.43. The first-order valence-electron chi connectivity index (χ1n) is 8.36. The summed E-state index contributed by atoms with van der Waals surface area (Å²) in [5.74, 6) is 1.71. The van der Waals surface area contributed by atoms with Crippen molar-refractivity contribution >= 4 is 0 Å². The van der Waals surface area contributed by atoms with E-state index in [9.17, 15) is 0 Å². The van der Waals surface area contributed by atoms with Gasteiger partial charge in [-0.1, -0.05) is 38.7 Å². The van der Waals surface area contributed by atoms with Crippen molar-refractivity contribution < 1.29 is 9.47 Å². The lowest BCUT2D eigenvalue weighted by molar-refractivity contribution is 0.284. The van der Waals surface area contributed by atoms with Crippen LogP contribution in [0.3, 0.4) is 0 Å². The Morgan fingerprint density at radius 3 is 2.62 bits per heavy atom. The van der Waals surface area contributed by atoms with Crippen LogP contribution in [0.4, 0.5) is 0 Å². The summed E-state index contributed by atoms with van der Waals surface area (Å²) < 4.78 is 11.3. The molecule has 0 unspecified atom stereocenters. The minimum Gasteiger partial charge on any atom is -0.493 e. The highest BCUT2D eigenvalue weighted by Crippen LogP contribution is 2.29. The summed E-state index contributed by atoms with van der Waals surface area (Å²) in [7, 11) is 1.71. The van der Waals surface area contributed by atoms with Crippen LogP contribution in [-0.2, 0) is 6.54 Å². The molecule has 1 aromatic carbocycles. The van der Waals surface area contributed by atoms with Crippen LogP contribution in [0.15, 0.2) is 18.2 Å². The number of hydrogen-bond acceptors (Lipinski definition) is 3. The third-order valence-corrected chi connectivity index (χ3v) is 3.91. The summed E-state index contributed by atoms with van der Waals surface area (Å²) in [6.07, 6.45) is 8.92. The molecule has 1 saturated carbocycles. The van der Waals surface area contributed by atoms with E-state index in [1.165, 1.54) is 44.1 Å². The monoisotopic (exact) mass is 291 g/mol. The Balaban J connectivity index is 1.75. The van der Waals surface area contributed by atoms with Crippen LogP contribution in [0, 0.1) is 0 Å². The maximum Gasteiger partial charge on any atom is 0.161 e. The van der Waals surface area contributed by atoms with Crippen LogP contribution in [0.1, 0.15) is 57.4 Å². The van der Waals surface area contributed by atoms with Crippen molar-refractivity contribution in [2.75, 3.05) is 13.7 Å². The molecule has 1 aliphatic carbocycles. The lowest BCUT2D eigenvalue weighted by atomic mass is 10.1. The quantitative estimate of drug-likeness (QED) is 0.617. The minimum absolute atomic E-state index is 0.732. The Morgan fingerprint density at radius 1 is 1.10 bits per heavy atom. The van der Waals surface area contributed by atoms with Crippen LogP contribution in [0.5, 0.6) is 11.5 Å². The number of benzene rings is 1. The smallest absolute Gasteiger partial charge is 0.161 e. The van der Waals surface area contributed by atoms with Gasteiger partial charge in [0.2, 0.25) is 0 Å². The van der Waals surface area contributed by atoms with Crippen molar-refractivity contribution in [3.63, 3.8) is 0 Å². The molecule has 1 N–H and O–H groups in total. The molecule has 0 bridgehead atoms. The Kier molecular flexibility index (Phi) is 6.87. The van der Waals surface area contributed by atoms with Crippen molar-refractivity contribution in [3.05, 3.63) is 23.8 Å². The summed E-state index contributed by atoms with van der Waals surface area (Å²) in [5, 5.41) is 3.52. The van der Waals surface area contributed by atoms with E-state index < -0.39 is 0 Å². The van der Waals surface area contributed by atoms with Gasteiger partial charge in [0.1, 0.15) is 0 Å². The molecule has 0 atom stereocenters. The molecule has 0 aliphatic heterocycles. The van der Waals surface area contributed by atoms with Crippen LogP contribution < -0.4 is 14.8 Å². The average molecular weight is 291 g/mol. The molecular weight excluding hydrogens is 262 g/mol. The average Bonchev–Trinajstić information content (AvgIpc) is 3.33. The van der Waals surface area contributed by atoms with Crippen LogP contribution in [-0.4, -0.2) is 19.8 Å². The normalized spacial score (nSPS) is 14.2. The second kappa shape index (κ2) is 8.93. The first kappa shape index (κ1) is 16.2. The minimum atomic E-state index is 0.732. The number of hydrogen-bond donors (Lipinski definition) is 1. The fraction of sp³-hybridized carbons (Fsp3) is 0.667. The van der Waals surface area contributed by atoms with E-state index in [1.54, 1.807) is 7.11 Å². The first-order chi connectivity index (χ1) is 10.3. The van der Waals surface area contributed by atoms with E-state index in [2.05, 4.69) is 24.4 Å². The third-order valence-electron chi connectivity index (χ3n) is 3.91. The zero-order valence-corrected chi connectivity index (χ0v) is 13.5. The highest BCUT2D eigenvalue weighted by Gasteiger charge is 2.20. The maximum absolute atomic E-state index is 5.86. The van der Waals surface area contributed by atoms with Crippen molar-refractivity contribution in [3.8, 4) is 11.5 Å². The van der Waals surface area contributed by atoms with Crippen LogP contribution in [0.25, 0.3) is 0 Å². The molecule has 0 heterocycles. The fourth-order valence-corrected chi connectivity index (χ4v) is 2.38. The number of nitrogens with one attached hydrogen (secondary N) is 1. The SMILES string of the molecule is CCCCCCCOc1ccc(CNC2CC2)cc1OC. The van der Waals surface area contributed by atoms with Crippen molar-refractivity contribution in [2.24, 2.45) is 0 Å². The number of unbranched alkanes of at least 4 members (excludes halogenated alkanes) is 4. The molecule has 0 aromatic heterocycles. The lowest BCUT2D eigenvalue weighted by Crippen LogP contribution is -2.15. The summed E-state index contributed by atoms with van der Waals surface area (Å²) >= 11 is 0. The molecule has 1 fully saturated rings. The van der Waals surface area contributed by atoms with Crippen molar-refractivity contribution in [1.29, 1.82) is 0 Å². The lowest BCUT2D eigenvalue weighted by Gasteiger charge is -2.12. The van der Waals surface area contributed by atoms with E-state index in [4.69, 9.17) is 9.47 Å². The topological polar surface area (TPSA) is 30.5 Å². The summed E-state index contributed by atoms with van der Waals surface area (Å²) in [4.78, 5) is 0. The molecule has 0 radical (unpaired) electrons. The molecule has 2 rings (SSSR count). The third kappa shape index (κ3) is 5.96. The Bertz CT molecular complexity index is 416. The van der Waals surface area contributed by atoms with Crippen LogP contribution >= 0.6 is 0 Å². The van der Waals surface area contributed by atoms with Gasteiger partial charge in [-0.05, 0) is 37.0 Å². The number of rotatable bonds is 11. The van der Waals surface area contributed by atoms with Gasteiger partial charge >= 0.3 is 0 Å². The molecule has 3 heteroatoms. The standard InChI is InChI=1S/C18H29NO2/c1-3-4-5-6-7-12-21-17-11-8-15(13-18(17)20-2)14-19-16-9-10-16/h8,11,13,16,19H,3-7,9-10,12,14H2,1-2H3. The summed E-state index contributed by atoms with van der Waals surface area (Å²) in [6.45, 7) is 3.93. The van der Waals surface area contributed by atoms with Gasteiger partial charge < -0.3 is 14.8 Å². The second-order valence-electron chi connectivity index (χ2n) is 5.90. The van der Waals surface area contributed by atoms with Gasteiger partial charge in [0.05, 0.1) is 13.7 Å². The van der Waals surface area contributed by atoms with E-state index in [1.807, 2.05) is 6.07 Å². The van der Waals surface area contributed by atoms with Gasteiger partial charge in [-0.3, -0.25) is 0 Å². The van der Waals surface area contributed by atoms with Gasteiger partial charge in [-0.2, -0.15) is 0 Å². The van der Waals surface area contributed by atoms with Gasteiger partial charge in [-0.25, -0.2) is 0 Å². The molecular formula is C18H29NO2. The van der Waals surface area contributed by atoms with Gasteiger partial charge in [0.15, 0.2) is 11.5 Å². The maximum atomic E-state index is 5.86. The predicted octanol–water partition coefficient (Wildman–Crippen LogP) is 4.30. The molecule has 3 nitrogen and oxygen atoms in total. The largest absolute Gasteiger partial charge is 0.493 e. The van der Waals surface area contributed by atoms with E-state index in [0.29, 0.717) is 0 Å². The molecule has 0 saturated heterocycles. The Morgan fingerprint density at radius 2 is 1.90 bits per heavy atom. The molecule has 0 spiro atoms. The highest BCUT2D eigenvalue weighted by atomic mass is 16.5. The van der Waals surface area contributed by atoms with Gasteiger partial charge in [0.25, 0.3) is 0 Å². The first-order valence-corrected chi connectivity index (χ1v) is 8.36.